The number of carbonyl (C=O) groups is 1. The molecule has 0 unspecified atom stereocenters. The van der Waals surface area contributed by atoms with Crippen LogP contribution in [-0.2, 0) is 16.1 Å². The van der Waals surface area contributed by atoms with Crippen LogP contribution >= 0.6 is 0 Å². The standard InChI is InChI=1S/C17H15N3O2/c1-3-22-17(21)11-20-12(2)15(8-13(9-18)10-19)14-6-4-5-7-16(14)20/h4-8H,3,11H2,1-2H3. The third kappa shape index (κ3) is 2.84. The van der Waals surface area contributed by atoms with E-state index in [9.17, 15) is 4.79 Å². The molecule has 2 rings (SSSR count). The number of ether oxygens (including phenoxy) is 1. The van der Waals surface area contributed by atoms with Crippen LogP contribution in [0.4, 0.5) is 0 Å². The van der Waals surface area contributed by atoms with Crippen molar-refractivity contribution in [2.45, 2.75) is 20.4 Å². The number of benzene rings is 1. The highest BCUT2D eigenvalue weighted by Crippen LogP contribution is 2.27. The average Bonchev–Trinajstić information content (AvgIpc) is 2.78. The Labute approximate surface area is 128 Å². The average molecular weight is 293 g/mol. The monoisotopic (exact) mass is 293 g/mol. The quantitative estimate of drug-likeness (QED) is 0.641. The van der Waals surface area contributed by atoms with Gasteiger partial charge in [-0.05, 0) is 26.0 Å². The lowest BCUT2D eigenvalue weighted by Gasteiger charge is -2.07. The van der Waals surface area contributed by atoms with Crippen molar-refractivity contribution in [2.24, 2.45) is 0 Å². The van der Waals surface area contributed by atoms with Gasteiger partial charge in [-0.25, -0.2) is 0 Å². The van der Waals surface area contributed by atoms with Crippen molar-refractivity contribution in [1.29, 1.82) is 10.5 Å². The number of hydrogen-bond acceptors (Lipinski definition) is 4. The molecule has 2 aromatic rings. The van der Waals surface area contributed by atoms with Crippen LogP contribution in [-0.4, -0.2) is 17.1 Å². The molecule has 0 saturated carbocycles. The first-order valence-corrected chi connectivity index (χ1v) is 6.87. The third-order valence-electron chi connectivity index (χ3n) is 3.40. The Bertz CT molecular complexity index is 816. The molecule has 0 spiro atoms. The zero-order chi connectivity index (χ0) is 16.1. The highest BCUT2D eigenvalue weighted by Gasteiger charge is 2.15. The third-order valence-corrected chi connectivity index (χ3v) is 3.40. The van der Waals surface area contributed by atoms with E-state index in [2.05, 4.69) is 0 Å². The van der Waals surface area contributed by atoms with Crippen molar-refractivity contribution in [1.82, 2.24) is 4.57 Å². The minimum absolute atomic E-state index is 0.0298. The zero-order valence-electron chi connectivity index (χ0n) is 12.5. The van der Waals surface area contributed by atoms with Gasteiger partial charge >= 0.3 is 5.97 Å². The zero-order valence-corrected chi connectivity index (χ0v) is 12.5. The van der Waals surface area contributed by atoms with Gasteiger partial charge in [0, 0.05) is 22.2 Å². The number of aromatic nitrogens is 1. The molecular weight excluding hydrogens is 278 g/mol. The Morgan fingerprint density at radius 2 is 2.00 bits per heavy atom. The molecule has 5 nitrogen and oxygen atoms in total. The number of fused-ring (bicyclic) bond motifs is 1. The normalized spacial score (nSPS) is 9.82. The van der Waals surface area contributed by atoms with E-state index >= 15 is 0 Å². The molecular formula is C17H15N3O2. The molecule has 0 aliphatic carbocycles. The maximum Gasteiger partial charge on any atom is 0.325 e. The van der Waals surface area contributed by atoms with Crippen LogP contribution in [0.3, 0.4) is 0 Å². The maximum atomic E-state index is 11.8. The summed E-state index contributed by atoms with van der Waals surface area (Å²) in [6.45, 7) is 4.05. The summed E-state index contributed by atoms with van der Waals surface area (Å²) in [5.41, 5.74) is 2.49. The number of nitriles is 2. The van der Waals surface area contributed by atoms with Gasteiger partial charge in [-0.15, -0.1) is 0 Å². The van der Waals surface area contributed by atoms with Gasteiger partial charge in [-0.3, -0.25) is 4.79 Å². The Balaban J connectivity index is 2.62. The van der Waals surface area contributed by atoms with Gasteiger partial charge < -0.3 is 9.30 Å². The predicted octanol–water partition coefficient (Wildman–Crippen LogP) is 2.94. The fraction of sp³-hybridized carbons (Fsp3) is 0.235. The molecule has 0 aliphatic rings. The Hall–Kier alpha value is -3.05. The van der Waals surface area contributed by atoms with Gasteiger partial charge in [0.2, 0.25) is 0 Å². The van der Waals surface area contributed by atoms with Crippen molar-refractivity contribution >= 4 is 22.9 Å². The smallest absolute Gasteiger partial charge is 0.325 e. The number of esters is 1. The summed E-state index contributed by atoms with van der Waals surface area (Å²) in [6, 6.07) is 11.3. The molecule has 22 heavy (non-hydrogen) atoms. The topological polar surface area (TPSA) is 78.8 Å². The molecule has 1 aromatic carbocycles. The van der Waals surface area contributed by atoms with Crippen LogP contribution in [0, 0.1) is 29.6 Å². The molecule has 0 radical (unpaired) electrons. The highest BCUT2D eigenvalue weighted by molar-refractivity contribution is 5.93. The molecule has 0 fully saturated rings. The fourth-order valence-electron chi connectivity index (χ4n) is 2.41. The fourth-order valence-corrected chi connectivity index (χ4v) is 2.41. The van der Waals surface area contributed by atoms with Gasteiger partial charge in [-0.1, -0.05) is 18.2 Å². The van der Waals surface area contributed by atoms with E-state index in [1.807, 2.05) is 47.9 Å². The number of nitrogens with zero attached hydrogens (tertiary/aromatic N) is 3. The summed E-state index contributed by atoms with van der Waals surface area (Å²) in [5, 5.41) is 18.8. The van der Waals surface area contributed by atoms with Crippen molar-refractivity contribution in [3.8, 4) is 12.1 Å². The lowest BCUT2D eigenvalue weighted by Crippen LogP contribution is -2.14. The van der Waals surface area contributed by atoms with Crippen molar-refractivity contribution in [2.75, 3.05) is 6.61 Å². The van der Waals surface area contributed by atoms with Gasteiger partial charge in [0.25, 0.3) is 0 Å². The van der Waals surface area contributed by atoms with E-state index < -0.39 is 0 Å². The van der Waals surface area contributed by atoms with Crippen molar-refractivity contribution < 1.29 is 9.53 Å². The lowest BCUT2D eigenvalue weighted by atomic mass is 10.1. The van der Waals surface area contributed by atoms with Crippen molar-refractivity contribution in [3.05, 3.63) is 41.1 Å². The number of rotatable bonds is 4. The minimum Gasteiger partial charge on any atom is -0.465 e. The van der Waals surface area contributed by atoms with Crippen molar-refractivity contribution in [3.63, 3.8) is 0 Å². The summed E-state index contributed by atoms with van der Waals surface area (Å²) in [6.07, 6.45) is 1.55. The van der Waals surface area contributed by atoms with Crippen LogP contribution in [0.15, 0.2) is 29.8 Å². The van der Waals surface area contributed by atoms with E-state index in [1.54, 1.807) is 13.0 Å². The summed E-state index contributed by atoms with van der Waals surface area (Å²) >= 11 is 0. The second-order valence-corrected chi connectivity index (χ2v) is 4.69. The van der Waals surface area contributed by atoms with Crippen LogP contribution in [0.5, 0.6) is 0 Å². The first kappa shape index (κ1) is 15.3. The molecule has 1 heterocycles. The molecule has 0 atom stereocenters. The van der Waals surface area contributed by atoms with Gasteiger partial charge in [0.05, 0.1) is 6.61 Å². The molecule has 0 amide bonds. The summed E-state index contributed by atoms with van der Waals surface area (Å²) < 4.78 is 6.84. The molecule has 5 heteroatoms. The molecule has 1 aromatic heterocycles. The van der Waals surface area contributed by atoms with Crippen LogP contribution in [0.1, 0.15) is 18.2 Å². The molecule has 0 bridgehead atoms. The second kappa shape index (κ2) is 6.60. The van der Waals surface area contributed by atoms with Gasteiger partial charge in [0.1, 0.15) is 24.3 Å². The minimum atomic E-state index is -0.317. The Morgan fingerprint density at radius 1 is 1.32 bits per heavy atom. The number of allylic oxidation sites excluding steroid dienone is 1. The molecule has 0 aliphatic heterocycles. The predicted molar refractivity (Wildman–Crippen MR) is 82.5 cm³/mol. The number of hydrogen-bond donors (Lipinski definition) is 0. The second-order valence-electron chi connectivity index (χ2n) is 4.69. The SMILES string of the molecule is CCOC(=O)Cn1c(C)c(C=C(C#N)C#N)c2ccccc21. The number of carbonyl (C=O) groups excluding carboxylic acids is 1. The van der Waals surface area contributed by atoms with Gasteiger partial charge in [-0.2, -0.15) is 10.5 Å². The van der Waals surface area contributed by atoms with E-state index in [1.165, 1.54) is 0 Å². The van der Waals surface area contributed by atoms with E-state index in [-0.39, 0.29) is 18.1 Å². The molecule has 0 N–H and O–H groups in total. The maximum absolute atomic E-state index is 11.8. The Kier molecular flexibility index (Phi) is 4.60. The van der Waals surface area contributed by atoms with E-state index in [0.29, 0.717) is 6.61 Å². The van der Waals surface area contributed by atoms with Gasteiger partial charge in [0.15, 0.2) is 0 Å². The lowest BCUT2D eigenvalue weighted by molar-refractivity contribution is -0.143. The van der Waals surface area contributed by atoms with Crippen LogP contribution < -0.4 is 0 Å². The highest BCUT2D eigenvalue weighted by atomic mass is 16.5. The summed E-state index contributed by atoms with van der Waals surface area (Å²) in [7, 11) is 0. The molecule has 110 valence electrons. The Morgan fingerprint density at radius 3 is 2.64 bits per heavy atom. The summed E-state index contributed by atoms with van der Waals surface area (Å²) in [5.74, 6) is -0.317. The van der Waals surface area contributed by atoms with Crippen LogP contribution in [0.2, 0.25) is 0 Å². The number of para-hydroxylation sites is 1. The molecule has 0 saturated heterocycles. The van der Waals surface area contributed by atoms with E-state index in [4.69, 9.17) is 15.3 Å². The van der Waals surface area contributed by atoms with Crippen LogP contribution in [0.25, 0.3) is 17.0 Å². The largest absolute Gasteiger partial charge is 0.465 e. The first-order valence-electron chi connectivity index (χ1n) is 6.87. The summed E-state index contributed by atoms with van der Waals surface area (Å²) in [4.78, 5) is 11.8. The van der Waals surface area contributed by atoms with E-state index in [0.717, 1.165) is 22.2 Å². The first-order chi connectivity index (χ1) is 10.6.